The van der Waals surface area contributed by atoms with E-state index in [0.717, 1.165) is 44.2 Å². The average molecular weight is 592 g/mol. The molecule has 0 radical (unpaired) electrons. The number of halogens is 3. The number of unbranched alkanes of at least 4 members (excludes halogenated alkanes) is 1. The topological polar surface area (TPSA) is 42.2 Å². The summed E-state index contributed by atoms with van der Waals surface area (Å²) in [6, 6.07) is 3.67. The van der Waals surface area contributed by atoms with E-state index in [9.17, 15) is 9.90 Å². The molecule has 0 aliphatic carbocycles. The summed E-state index contributed by atoms with van der Waals surface area (Å²) in [4.78, 5) is 13.6. The number of aromatic hydroxyl groups is 1. The van der Waals surface area contributed by atoms with Gasteiger partial charge in [-0.1, -0.05) is 54.9 Å². The van der Waals surface area contributed by atoms with E-state index in [-0.39, 0.29) is 22.4 Å². The largest absolute Gasteiger partial charge is 0.507 e. The number of rotatable bonds is 5. The van der Waals surface area contributed by atoms with Gasteiger partial charge in [-0.2, -0.15) is 0 Å². The Balaban J connectivity index is 2.71. The van der Waals surface area contributed by atoms with Gasteiger partial charge in [0, 0.05) is 23.2 Å². The summed E-state index contributed by atoms with van der Waals surface area (Å²) in [6.45, 7) is 15.3. The molecule has 3 nitrogen and oxygen atoms in total. The number of nitrogens with zero attached hydrogens (tertiary/aromatic N) is 1. The fourth-order valence-electron chi connectivity index (χ4n) is 3.29. The van der Waals surface area contributed by atoms with Crippen LogP contribution < -0.4 is 0 Å². The Morgan fingerprint density at radius 2 is 1.45 bits per heavy atom. The number of benzene rings is 1. The van der Waals surface area contributed by atoms with E-state index in [1.807, 2.05) is 53.7 Å². The van der Waals surface area contributed by atoms with Gasteiger partial charge >= 0.3 is 0 Å². The second kappa shape index (κ2) is 8.88. The zero-order chi connectivity index (χ0) is 22.3. The molecule has 0 atom stereocenters. The third kappa shape index (κ3) is 5.01. The molecule has 0 unspecified atom stereocenters. The number of phenols is 1. The first-order valence-electron chi connectivity index (χ1n) is 9.87. The summed E-state index contributed by atoms with van der Waals surface area (Å²) in [6.07, 6.45) is 2.09. The van der Waals surface area contributed by atoms with Gasteiger partial charge in [0.1, 0.15) is 10.4 Å². The monoisotopic (exact) mass is 589 g/mol. The van der Waals surface area contributed by atoms with Gasteiger partial charge in [-0.15, -0.1) is 0 Å². The maximum atomic E-state index is 13.6. The quantitative estimate of drug-likeness (QED) is 0.357. The molecule has 0 bridgehead atoms. The van der Waals surface area contributed by atoms with Crippen LogP contribution in [0.4, 0.5) is 0 Å². The third-order valence-electron chi connectivity index (χ3n) is 5.03. The van der Waals surface area contributed by atoms with Gasteiger partial charge in [-0.3, -0.25) is 4.79 Å². The van der Waals surface area contributed by atoms with Crippen LogP contribution in [0, 0.1) is 0 Å². The molecule has 0 spiro atoms. The van der Waals surface area contributed by atoms with E-state index in [1.165, 1.54) is 0 Å². The molecule has 0 aliphatic heterocycles. The predicted octanol–water partition coefficient (Wildman–Crippen LogP) is 8.11. The normalized spacial score (nSPS) is 12.5. The van der Waals surface area contributed by atoms with Crippen LogP contribution in [0.1, 0.15) is 88.4 Å². The van der Waals surface area contributed by atoms with Gasteiger partial charge in [0.2, 0.25) is 0 Å². The lowest BCUT2D eigenvalue weighted by molar-refractivity contribution is 0.103. The predicted molar refractivity (Wildman–Crippen MR) is 131 cm³/mol. The van der Waals surface area contributed by atoms with Crippen molar-refractivity contribution in [1.82, 2.24) is 4.57 Å². The highest BCUT2D eigenvalue weighted by atomic mass is 79.9. The van der Waals surface area contributed by atoms with Gasteiger partial charge < -0.3 is 9.67 Å². The Kier molecular flexibility index (Phi) is 7.55. The van der Waals surface area contributed by atoms with Crippen molar-refractivity contribution in [3.05, 3.63) is 48.1 Å². The number of carbonyl (C=O) groups excluding carboxylic acids is 1. The van der Waals surface area contributed by atoms with Gasteiger partial charge in [0.05, 0.1) is 14.6 Å². The lowest BCUT2D eigenvalue weighted by Crippen LogP contribution is -2.19. The van der Waals surface area contributed by atoms with E-state index in [4.69, 9.17) is 0 Å². The molecule has 160 valence electrons. The van der Waals surface area contributed by atoms with Crippen molar-refractivity contribution in [2.45, 2.75) is 78.7 Å². The molecule has 0 fully saturated rings. The smallest absolute Gasteiger partial charge is 0.196 e. The van der Waals surface area contributed by atoms with Crippen molar-refractivity contribution in [3.8, 4) is 5.75 Å². The number of aromatic nitrogens is 1. The van der Waals surface area contributed by atoms with Crippen molar-refractivity contribution >= 4 is 53.6 Å². The van der Waals surface area contributed by atoms with Crippen LogP contribution in [0.15, 0.2) is 25.8 Å². The minimum atomic E-state index is -0.289. The SMILES string of the molecule is CCCCn1c(Br)c(Br)c(C(=O)c2cc(C(C)(C)C)c(O)c(C(C)(C)C)c2)c1Br. The summed E-state index contributed by atoms with van der Waals surface area (Å²) in [5, 5.41) is 10.9. The summed E-state index contributed by atoms with van der Waals surface area (Å²) in [5.41, 5.74) is 2.16. The molecular formula is C23H30Br3NO2. The first-order valence-corrected chi connectivity index (χ1v) is 12.2. The third-order valence-corrected chi connectivity index (χ3v) is 7.98. The van der Waals surface area contributed by atoms with Crippen molar-refractivity contribution in [1.29, 1.82) is 0 Å². The highest BCUT2D eigenvalue weighted by Crippen LogP contribution is 2.42. The Bertz CT molecular complexity index is 896. The van der Waals surface area contributed by atoms with Crippen LogP contribution >= 0.6 is 47.8 Å². The number of carbonyl (C=O) groups is 1. The molecule has 29 heavy (non-hydrogen) atoms. The summed E-state index contributed by atoms with van der Waals surface area (Å²) < 4.78 is 4.42. The molecule has 0 amide bonds. The maximum absolute atomic E-state index is 13.6. The van der Waals surface area contributed by atoms with Gasteiger partial charge in [0.15, 0.2) is 5.78 Å². The molecule has 0 saturated carbocycles. The number of ketones is 1. The fraction of sp³-hybridized carbons (Fsp3) is 0.522. The van der Waals surface area contributed by atoms with E-state index in [1.54, 1.807) is 0 Å². The summed E-state index contributed by atoms with van der Waals surface area (Å²) in [7, 11) is 0. The zero-order valence-corrected chi connectivity index (χ0v) is 23.0. The standard InChI is InChI=1S/C23H30Br3NO2/c1-8-9-10-27-20(25)16(17(24)21(27)26)18(28)13-11-14(22(2,3)4)19(29)15(12-13)23(5,6)7/h11-12,29H,8-10H2,1-7H3. The Labute approximate surface area is 199 Å². The molecule has 6 heteroatoms. The number of phenolic OH excluding ortho intramolecular Hbond substituents is 1. The van der Waals surface area contributed by atoms with E-state index in [0.29, 0.717) is 11.1 Å². The Morgan fingerprint density at radius 1 is 0.966 bits per heavy atom. The number of hydrogen-bond donors (Lipinski definition) is 1. The Morgan fingerprint density at radius 3 is 1.86 bits per heavy atom. The molecular weight excluding hydrogens is 562 g/mol. The zero-order valence-electron chi connectivity index (χ0n) is 18.2. The summed E-state index contributed by atoms with van der Waals surface area (Å²) in [5.74, 6) is 0.206. The minimum Gasteiger partial charge on any atom is -0.507 e. The number of hydrogen-bond acceptors (Lipinski definition) is 2. The minimum absolute atomic E-state index is 0.0734. The molecule has 0 saturated heterocycles. The van der Waals surface area contributed by atoms with Gasteiger partial charge in [-0.05, 0) is 77.2 Å². The van der Waals surface area contributed by atoms with Crippen molar-refractivity contribution in [3.63, 3.8) is 0 Å². The highest BCUT2D eigenvalue weighted by molar-refractivity contribution is 9.13. The highest BCUT2D eigenvalue weighted by Gasteiger charge is 2.30. The first-order chi connectivity index (χ1) is 13.2. The average Bonchev–Trinajstić information content (AvgIpc) is 2.80. The molecule has 1 heterocycles. The van der Waals surface area contributed by atoms with Crippen molar-refractivity contribution < 1.29 is 9.90 Å². The van der Waals surface area contributed by atoms with Crippen LogP contribution in [0.5, 0.6) is 5.75 Å². The summed E-state index contributed by atoms with van der Waals surface area (Å²) >= 11 is 10.9. The maximum Gasteiger partial charge on any atom is 0.196 e. The van der Waals surface area contributed by atoms with Crippen LogP contribution in [0.3, 0.4) is 0 Å². The lowest BCUT2D eigenvalue weighted by atomic mass is 9.78. The van der Waals surface area contributed by atoms with E-state index < -0.39 is 0 Å². The molecule has 0 aliphatic rings. The van der Waals surface area contributed by atoms with Crippen molar-refractivity contribution in [2.75, 3.05) is 0 Å². The molecule has 2 rings (SSSR count). The van der Waals surface area contributed by atoms with E-state index >= 15 is 0 Å². The molecule has 1 aromatic heterocycles. The van der Waals surface area contributed by atoms with Gasteiger partial charge in [-0.25, -0.2) is 0 Å². The van der Waals surface area contributed by atoms with Crippen LogP contribution in [0.2, 0.25) is 0 Å². The van der Waals surface area contributed by atoms with Crippen molar-refractivity contribution in [2.24, 2.45) is 0 Å². The van der Waals surface area contributed by atoms with Crippen LogP contribution in [-0.4, -0.2) is 15.5 Å². The fourth-order valence-corrected chi connectivity index (χ4v) is 5.66. The molecule has 1 N–H and O–H groups in total. The Hall–Kier alpha value is -0.590. The molecule has 2 aromatic rings. The van der Waals surface area contributed by atoms with Gasteiger partial charge in [0.25, 0.3) is 0 Å². The lowest BCUT2D eigenvalue weighted by Gasteiger charge is -2.28. The second-order valence-electron chi connectivity index (χ2n) is 9.52. The van der Waals surface area contributed by atoms with Crippen LogP contribution in [-0.2, 0) is 17.4 Å². The first kappa shape index (κ1) is 24.7. The van der Waals surface area contributed by atoms with Crippen LogP contribution in [0.25, 0.3) is 0 Å². The second-order valence-corrected chi connectivity index (χ2v) is 11.8. The molecule has 1 aromatic carbocycles. The van der Waals surface area contributed by atoms with E-state index in [2.05, 4.69) is 59.3 Å².